The predicted octanol–water partition coefficient (Wildman–Crippen LogP) is 1.08. The van der Waals surface area contributed by atoms with Crippen LogP contribution in [0.15, 0.2) is 11.4 Å². The van der Waals surface area contributed by atoms with Crippen molar-refractivity contribution in [2.75, 3.05) is 56.4 Å². The van der Waals surface area contributed by atoms with Gasteiger partial charge in [-0.1, -0.05) is 15.9 Å². The number of rotatable bonds is 4. The number of halogens is 1. The molecule has 5 heteroatoms. The lowest BCUT2D eigenvalue weighted by atomic mass is 9.84. The Hall–Kier alpha value is -0.260. The molecule has 0 fully saturated rings. The van der Waals surface area contributed by atoms with Crippen molar-refractivity contribution < 1.29 is 0 Å². The molecule has 0 aromatic rings. The van der Waals surface area contributed by atoms with E-state index in [2.05, 4.69) is 91.9 Å². The molecule has 0 amide bonds. The monoisotopic (exact) mass is 303 g/mol. The largest absolute Gasteiger partial charge is 0.378 e. The minimum absolute atomic E-state index is 0.195. The summed E-state index contributed by atoms with van der Waals surface area (Å²) in [6, 6.07) is 1.29. The maximum Gasteiger partial charge on any atom is 0.145 e. The lowest BCUT2D eigenvalue weighted by molar-refractivity contribution is 0.156. The lowest BCUT2D eigenvalue weighted by Gasteiger charge is -2.57. The molecule has 0 saturated carbocycles. The van der Waals surface area contributed by atoms with Gasteiger partial charge in [-0.25, -0.2) is 0 Å². The molecule has 17 heavy (non-hydrogen) atoms. The molecule has 99 valence electrons. The quantitative estimate of drug-likeness (QED) is 0.569. The molecule has 1 radical (unpaired) electrons. The third-order valence-corrected chi connectivity index (χ3v) is 4.49. The molecule has 0 aromatic carbocycles. The van der Waals surface area contributed by atoms with Gasteiger partial charge >= 0.3 is 0 Å². The third kappa shape index (κ3) is 2.09. The van der Waals surface area contributed by atoms with Crippen LogP contribution in [-0.4, -0.2) is 80.4 Å². The summed E-state index contributed by atoms with van der Waals surface area (Å²) in [5.74, 6) is 0. The Bertz CT molecular complexity index is 322. The van der Waals surface area contributed by atoms with Crippen LogP contribution in [0.2, 0.25) is 0 Å². The Balaban J connectivity index is 3.32. The van der Waals surface area contributed by atoms with Crippen LogP contribution >= 0.6 is 15.9 Å². The molecule has 0 N–H and O–H groups in total. The fourth-order valence-electron chi connectivity index (χ4n) is 2.34. The van der Waals surface area contributed by atoms with Crippen LogP contribution in [0.25, 0.3) is 0 Å². The maximum atomic E-state index is 3.90. The van der Waals surface area contributed by atoms with Crippen molar-refractivity contribution in [2.45, 2.75) is 4.45 Å². The van der Waals surface area contributed by atoms with Crippen LogP contribution in [0.1, 0.15) is 0 Å². The van der Waals surface area contributed by atoms with Crippen LogP contribution in [0.5, 0.6) is 0 Å². The highest BCUT2D eigenvalue weighted by atomic mass is 79.9. The summed E-state index contributed by atoms with van der Waals surface area (Å²) < 4.78 is -0.195. The molecule has 0 aliphatic heterocycles. The zero-order chi connectivity index (χ0) is 13.5. The summed E-state index contributed by atoms with van der Waals surface area (Å²) in [6.45, 7) is 0. The Morgan fingerprint density at radius 3 is 1.47 bits per heavy atom. The van der Waals surface area contributed by atoms with E-state index in [0.29, 0.717) is 0 Å². The van der Waals surface area contributed by atoms with Crippen molar-refractivity contribution >= 4 is 15.9 Å². The van der Waals surface area contributed by atoms with Gasteiger partial charge in [0.2, 0.25) is 0 Å². The molecule has 1 unspecified atom stereocenters. The maximum absolute atomic E-state index is 3.90. The Kier molecular flexibility index (Phi) is 4.16. The summed E-state index contributed by atoms with van der Waals surface area (Å²) in [6.07, 6.45) is 0. The fraction of sp³-hybridized carbons (Fsp3) is 0.750. The molecule has 1 atom stereocenters. The Morgan fingerprint density at radius 2 is 1.24 bits per heavy atom. The van der Waals surface area contributed by atoms with Gasteiger partial charge in [0, 0.05) is 28.2 Å². The second kappa shape index (κ2) is 4.78. The van der Waals surface area contributed by atoms with E-state index in [1.54, 1.807) is 0 Å². The van der Waals surface area contributed by atoms with Gasteiger partial charge in [0.05, 0.1) is 11.4 Å². The highest BCUT2D eigenvalue weighted by molar-refractivity contribution is 9.10. The van der Waals surface area contributed by atoms with Gasteiger partial charge < -0.3 is 9.80 Å². The smallest absolute Gasteiger partial charge is 0.145 e. The highest BCUT2D eigenvalue weighted by Crippen LogP contribution is 2.55. The average Bonchev–Trinajstić information content (AvgIpc) is 2.10. The number of hydrogen-bond donors (Lipinski definition) is 0. The second-order valence-electron chi connectivity index (χ2n) is 5.25. The van der Waals surface area contributed by atoms with Crippen LogP contribution in [0, 0.1) is 6.04 Å². The first-order valence-corrected chi connectivity index (χ1v) is 6.45. The van der Waals surface area contributed by atoms with Gasteiger partial charge in [0.1, 0.15) is 10.5 Å². The summed E-state index contributed by atoms with van der Waals surface area (Å²) in [7, 11) is 16.7. The number of hydrogen-bond acceptors (Lipinski definition) is 4. The summed E-state index contributed by atoms with van der Waals surface area (Å²) in [5, 5.41) is 0. The van der Waals surface area contributed by atoms with Gasteiger partial charge in [0.25, 0.3) is 0 Å². The zero-order valence-electron chi connectivity index (χ0n) is 12.2. The molecular weight excluding hydrogens is 280 g/mol. The second-order valence-corrected chi connectivity index (χ2v) is 6.39. The van der Waals surface area contributed by atoms with Gasteiger partial charge in [0.15, 0.2) is 0 Å². The molecule has 4 nitrogen and oxygen atoms in total. The lowest BCUT2D eigenvalue weighted by Crippen LogP contribution is -2.63. The minimum atomic E-state index is -0.195. The first kappa shape index (κ1) is 14.8. The molecule has 1 aliphatic rings. The van der Waals surface area contributed by atoms with Gasteiger partial charge in [-0.05, 0) is 28.2 Å². The predicted molar refractivity (Wildman–Crippen MR) is 76.7 cm³/mol. The molecule has 1 aliphatic carbocycles. The molecule has 0 heterocycles. The molecule has 0 spiro atoms. The van der Waals surface area contributed by atoms with Crippen molar-refractivity contribution in [1.82, 2.24) is 19.6 Å². The van der Waals surface area contributed by atoms with E-state index in [0.717, 1.165) is 0 Å². The van der Waals surface area contributed by atoms with Crippen molar-refractivity contribution in [3.8, 4) is 0 Å². The first-order chi connectivity index (χ1) is 7.65. The minimum Gasteiger partial charge on any atom is -0.378 e. The van der Waals surface area contributed by atoms with E-state index in [1.165, 1.54) is 17.4 Å². The van der Waals surface area contributed by atoms with E-state index >= 15 is 0 Å². The Labute approximate surface area is 114 Å². The van der Waals surface area contributed by atoms with Crippen LogP contribution in [0.3, 0.4) is 0 Å². The molecular formula is C12H24BrN4. The van der Waals surface area contributed by atoms with Crippen LogP contribution in [0.4, 0.5) is 0 Å². The zero-order valence-corrected chi connectivity index (χ0v) is 13.8. The fourth-order valence-corrected chi connectivity index (χ4v) is 3.42. The summed E-state index contributed by atoms with van der Waals surface area (Å²) in [5.41, 5.74) is 2.57. The third-order valence-electron chi connectivity index (χ3n) is 3.03. The molecule has 0 aromatic heterocycles. The first-order valence-electron chi connectivity index (χ1n) is 5.66. The average molecular weight is 304 g/mol. The van der Waals surface area contributed by atoms with E-state index < -0.39 is 0 Å². The summed E-state index contributed by atoms with van der Waals surface area (Å²) >= 11 is 3.90. The SMILES string of the molecule is CN(C)[C]1C(N(C)C)=C(N(C)C)C1(Br)N(C)C. The van der Waals surface area contributed by atoms with E-state index in [1.807, 2.05) is 0 Å². The van der Waals surface area contributed by atoms with Crippen LogP contribution in [-0.2, 0) is 0 Å². The van der Waals surface area contributed by atoms with E-state index in [9.17, 15) is 0 Å². The number of nitrogens with zero attached hydrogens (tertiary/aromatic N) is 4. The van der Waals surface area contributed by atoms with E-state index in [-0.39, 0.29) is 4.45 Å². The van der Waals surface area contributed by atoms with Crippen molar-refractivity contribution in [3.63, 3.8) is 0 Å². The normalized spacial score (nSPS) is 25.6. The number of likely N-dealkylation sites (N-methyl/N-ethyl adjacent to an activating group) is 4. The van der Waals surface area contributed by atoms with Crippen molar-refractivity contribution in [3.05, 3.63) is 17.4 Å². The van der Waals surface area contributed by atoms with Gasteiger partial charge in [-0.3, -0.25) is 9.80 Å². The van der Waals surface area contributed by atoms with Crippen LogP contribution < -0.4 is 0 Å². The molecule has 0 saturated heterocycles. The van der Waals surface area contributed by atoms with Crippen molar-refractivity contribution in [2.24, 2.45) is 0 Å². The van der Waals surface area contributed by atoms with E-state index in [4.69, 9.17) is 0 Å². The van der Waals surface area contributed by atoms with Gasteiger partial charge in [-0.2, -0.15) is 0 Å². The van der Waals surface area contributed by atoms with Crippen molar-refractivity contribution in [1.29, 1.82) is 0 Å². The topological polar surface area (TPSA) is 13.0 Å². The standard InChI is InChI=1S/C12H24BrN4/c1-14(2)9-10(15(3)4)12(13,17(7)8)11(9)16(5)6/h1-8H3. The number of alkyl halides is 1. The molecule has 1 rings (SSSR count). The molecule has 0 bridgehead atoms. The van der Waals surface area contributed by atoms with Gasteiger partial charge in [-0.15, -0.1) is 0 Å². The Morgan fingerprint density at radius 1 is 0.765 bits per heavy atom. The summed E-state index contributed by atoms with van der Waals surface area (Å²) in [4.78, 5) is 8.73. The highest BCUT2D eigenvalue weighted by Gasteiger charge is 2.58.